The van der Waals surface area contributed by atoms with Crippen molar-refractivity contribution in [1.29, 1.82) is 0 Å². The van der Waals surface area contributed by atoms with Gasteiger partial charge in [-0.2, -0.15) is 0 Å². The van der Waals surface area contributed by atoms with Gasteiger partial charge >= 0.3 is 0 Å². The highest BCUT2D eigenvalue weighted by Crippen LogP contribution is 2.42. The van der Waals surface area contributed by atoms with E-state index in [4.69, 9.17) is 29.3 Å². The molecular formula is C31H26N6O3S3. The van der Waals surface area contributed by atoms with Crippen molar-refractivity contribution in [1.82, 2.24) is 29.6 Å². The third kappa shape index (κ3) is 5.41. The van der Waals surface area contributed by atoms with Crippen LogP contribution in [0.5, 0.6) is 11.5 Å². The largest absolute Gasteiger partial charge is 0.454 e. The van der Waals surface area contributed by atoms with Crippen LogP contribution in [-0.2, 0) is 17.8 Å². The fourth-order valence-corrected chi connectivity index (χ4v) is 8.11. The topological polar surface area (TPSA) is 87.4 Å². The number of thiophene rings is 2. The summed E-state index contributed by atoms with van der Waals surface area (Å²) in [6, 6.07) is 20.5. The molecule has 0 aliphatic carbocycles. The first kappa shape index (κ1) is 26.8. The van der Waals surface area contributed by atoms with Crippen LogP contribution in [0.3, 0.4) is 0 Å². The molecule has 1 fully saturated rings. The molecule has 4 aromatic heterocycles. The van der Waals surface area contributed by atoms with Crippen LogP contribution in [0.25, 0.3) is 32.0 Å². The predicted molar refractivity (Wildman–Crippen MR) is 168 cm³/mol. The normalized spacial score (nSPS) is 15.0. The highest BCUT2D eigenvalue weighted by Gasteiger charge is 2.23. The summed E-state index contributed by atoms with van der Waals surface area (Å²) in [4.78, 5) is 14.7. The molecule has 0 radical (unpaired) electrons. The van der Waals surface area contributed by atoms with Crippen LogP contribution in [-0.4, -0.2) is 62.7 Å². The van der Waals surface area contributed by atoms with Gasteiger partial charge in [0.25, 0.3) is 0 Å². The number of morpholine rings is 1. The first-order valence-electron chi connectivity index (χ1n) is 14.0. The molecule has 0 N–H and O–H groups in total. The van der Waals surface area contributed by atoms with E-state index in [2.05, 4.69) is 55.7 Å². The Kier molecular flexibility index (Phi) is 7.29. The number of ether oxygens (including phenoxy) is 3. The third-order valence-electron chi connectivity index (χ3n) is 7.42. The summed E-state index contributed by atoms with van der Waals surface area (Å²) in [6.45, 7) is 4.70. The average molecular weight is 627 g/mol. The lowest BCUT2D eigenvalue weighted by molar-refractivity contribution is 0.0330. The van der Waals surface area contributed by atoms with Crippen LogP contribution in [0.4, 0.5) is 0 Å². The molecule has 0 unspecified atom stereocenters. The van der Waals surface area contributed by atoms with Crippen LogP contribution in [0.2, 0.25) is 0 Å². The number of aromatic nitrogens is 5. The Morgan fingerprint density at radius 3 is 2.60 bits per heavy atom. The quantitative estimate of drug-likeness (QED) is 0.177. The zero-order valence-corrected chi connectivity index (χ0v) is 25.5. The first-order chi connectivity index (χ1) is 21.3. The van der Waals surface area contributed by atoms with Crippen LogP contribution in [0.1, 0.15) is 11.4 Å². The fourth-order valence-electron chi connectivity index (χ4n) is 5.28. The highest BCUT2D eigenvalue weighted by atomic mass is 32.2. The second-order valence-corrected chi connectivity index (χ2v) is 13.0. The number of hydrogen-bond donors (Lipinski definition) is 0. The molecule has 1 saturated heterocycles. The summed E-state index contributed by atoms with van der Waals surface area (Å²) in [5.41, 5.74) is 3.22. The maximum Gasteiger partial charge on any atom is 0.231 e. The van der Waals surface area contributed by atoms with Gasteiger partial charge in [0.15, 0.2) is 22.5 Å². The molecule has 2 aliphatic heterocycles. The van der Waals surface area contributed by atoms with Gasteiger partial charge in [-0.3, -0.25) is 9.47 Å². The van der Waals surface area contributed by atoms with Gasteiger partial charge in [-0.05, 0) is 40.9 Å². The molecule has 216 valence electrons. The van der Waals surface area contributed by atoms with Crippen LogP contribution < -0.4 is 9.47 Å². The van der Waals surface area contributed by atoms with Gasteiger partial charge < -0.3 is 14.2 Å². The minimum absolute atomic E-state index is 0.242. The van der Waals surface area contributed by atoms with Gasteiger partial charge in [-0.1, -0.05) is 42.5 Å². The zero-order chi connectivity index (χ0) is 28.6. The van der Waals surface area contributed by atoms with E-state index in [-0.39, 0.29) is 6.79 Å². The van der Waals surface area contributed by atoms with E-state index < -0.39 is 0 Å². The van der Waals surface area contributed by atoms with Crippen molar-refractivity contribution < 1.29 is 14.2 Å². The van der Waals surface area contributed by atoms with Crippen molar-refractivity contribution >= 4 is 44.7 Å². The molecule has 9 nitrogen and oxygen atoms in total. The van der Waals surface area contributed by atoms with Crippen molar-refractivity contribution in [3.8, 4) is 33.3 Å². The first-order valence-corrected chi connectivity index (χ1v) is 16.5. The lowest BCUT2D eigenvalue weighted by atomic mass is 10.2. The SMILES string of the molecule is c1ccc(-c2nnc(Sc3nc(CN4CCOCC4)nc4scc(-c5cccs5)c34)n2Cc2ccc3c(c2)OCO3)cc1. The second kappa shape index (κ2) is 11.7. The second-order valence-electron chi connectivity index (χ2n) is 10.2. The zero-order valence-electron chi connectivity index (χ0n) is 23.0. The van der Waals surface area contributed by atoms with Crippen LogP contribution in [0, 0.1) is 0 Å². The number of hydrogen-bond acceptors (Lipinski definition) is 11. The van der Waals surface area contributed by atoms with Crippen molar-refractivity contribution in [2.45, 2.75) is 23.3 Å². The molecule has 0 atom stereocenters. The Hall–Kier alpha value is -3.81. The van der Waals surface area contributed by atoms with Crippen molar-refractivity contribution in [2.75, 3.05) is 33.1 Å². The van der Waals surface area contributed by atoms with Crippen molar-refractivity contribution in [3.63, 3.8) is 0 Å². The van der Waals surface area contributed by atoms with Gasteiger partial charge in [-0.25, -0.2) is 9.97 Å². The van der Waals surface area contributed by atoms with E-state index in [9.17, 15) is 0 Å². The minimum atomic E-state index is 0.242. The summed E-state index contributed by atoms with van der Waals surface area (Å²) < 4.78 is 18.9. The molecular weight excluding hydrogens is 601 g/mol. The smallest absolute Gasteiger partial charge is 0.231 e. The summed E-state index contributed by atoms with van der Waals surface area (Å²) in [5, 5.41) is 16.4. The summed E-state index contributed by atoms with van der Waals surface area (Å²) in [5.74, 6) is 3.12. The predicted octanol–water partition coefficient (Wildman–Crippen LogP) is 6.44. The molecule has 12 heteroatoms. The van der Waals surface area contributed by atoms with Crippen molar-refractivity contribution in [3.05, 3.63) is 82.8 Å². The fraction of sp³-hybridized carbons (Fsp3) is 0.226. The Morgan fingerprint density at radius 1 is 0.860 bits per heavy atom. The monoisotopic (exact) mass is 626 g/mol. The van der Waals surface area contributed by atoms with E-state index in [0.717, 1.165) is 86.5 Å². The number of rotatable bonds is 8. The number of benzene rings is 2. The molecule has 2 aliphatic rings. The Bertz CT molecular complexity index is 1880. The Balaban J connectivity index is 1.22. The van der Waals surface area contributed by atoms with Gasteiger partial charge in [0.05, 0.1) is 31.7 Å². The van der Waals surface area contributed by atoms with Crippen LogP contribution >= 0.6 is 34.4 Å². The average Bonchev–Trinajstić information content (AvgIpc) is 3.85. The molecule has 0 amide bonds. The van der Waals surface area contributed by atoms with Crippen molar-refractivity contribution in [2.24, 2.45) is 0 Å². The van der Waals surface area contributed by atoms with Gasteiger partial charge in [0.2, 0.25) is 6.79 Å². The minimum Gasteiger partial charge on any atom is -0.454 e. The Morgan fingerprint density at radius 2 is 1.74 bits per heavy atom. The molecule has 6 heterocycles. The standard InChI is InChI=1S/C31H26N6O3S3/c1-2-5-21(6-3-1)28-34-35-31(37(28)16-20-8-9-23-24(15-20)40-19-39-23)43-30-27-22(25-7-4-14-41-25)18-42-29(27)32-26(33-30)17-36-10-12-38-13-11-36/h1-9,14-15,18H,10-13,16-17,19H2. The maximum absolute atomic E-state index is 5.67. The molecule has 0 bridgehead atoms. The van der Waals surface area contributed by atoms with E-state index in [1.54, 1.807) is 34.4 Å². The molecule has 0 spiro atoms. The van der Waals surface area contributed by atoms with E-state index in [0.29, 0.717) is 13.1 Å². The third-order valence-corrected chi connectivity index (χ3v) is 10.2. The summed E-state index contributed by atoms with van der Waals surface area (Å²) in [6.07, 6.45) is 0. The number of nitrogens with zero attached hydrogens (tertiary/aromatic N) is 6. The molecule has 6 aromatic rings. The van der Waals surface area contributed by atoms with E-state index >= 15 is 0 Å². The maximum atomic E-state index is 5.67. The lowest BCUT2D eigenvalue weighted by Gasteiger charge is -2.25. The lowest BCUT2D eigenvalue weighted by Crippen LogP contribution is -2.36. The molecule has 0 saturated carbocycles. The molecule has 43 heavy (non-hydrogen) atoms. The van der Waals surface area contributed by atoms with E-state index in [1.807, 2.05) is 30.3 Å². The van der Waals surface area contributed by atoms with Gasteiger partial charge in [-0.15, -0.1) is 32.9 Å². The summed E-state index contributed by atoms with van der Waals surface area (Å²) in [7, 11) is 0. The molecule has 2 aromatic carbocycles. The Labute approximate surface area is 260 Å². The number of fused-ring (bicyclic) bond motifs is 2. The highest BCUT2D eigenvalue weighted by molar-refractivity contribution is 7.99. The van der Waals surface area contributed by atoms with Gasteiger partial charge in [0.1, 0.15) is 15.7 Å². The molecule has 8 rings (SSSR count). The van der Waals surface area contributed by atoms with Gasteiger partial charge in [0, 0.05) is 34.5 Å². The van der Waals surface area contributed by atoms with Crippen LogP contribution in [0.15, 0.2) is 81.6 Å². The summed E-state index contributed by atoms with van der Waals surface area (Å²) >= 11 is 4.93. The van der Waals surface area contributed by atoms with E-state index in [1.165, 1.54) is 4.88 Å².